The van der Waals surface area contributed by atoms with Crippen LogP contribution in [0.4, 0.5) is 4.79 Å². The van der Waals surface area contributed by atoms with Crippen LogP contribution in [0.15, 0.2) is 65.5 Å². The van der Waals surface area contributed by atoms with Crippen molar-refractivity contribution in [2.24, 2.45) is 0 Å². The van der Waals surface area contributed by atoms with Crippen LogP contribution in [-0.2, 0) is 4.74 Å². The van der Waals surface area contributed by atoms with Crippen molar-refractivity contribution >= 4 is 17.5 Å². The van der Waals surface area contributed by atoms with Gasteiger partial charge < -0.3 is 9.84 Å². The van der Waals surface area contributed by atoms with Gasteiger partial charge in [0, 0.05) is 6.20 Å². The van der Waals surface area contributed by atoms with Crippen molar-refractivity contribution in [2.45, 2.75) is 6.10 Å². The number of hydrogen-bond acceptors (Lipinski definition) is 4. The van der Waals surface area contributed by atoms with E-state index >= 15 is 0 Å². The monoisotopic (exact) mass is 311 g/mol. The first kappa shape index (κ1) is 14.3. The Labute approximate surface area is 131 Å². The molecule has 0 aliphatic heterocycles. The molecule has 22 heavy (non-hydrogen) atoms. The lowest BCUT2D eigenvalue weighted by Gasteiger charge is -2.16. The molecule has 1 atom stereocenters. The number of pyridine rings is 1. The lowest BCUT2D eigenvalue weighted by molar-refractivity contribution is 0.0648. The van der Waals surface area contributed by atoms with Crippen molar-refractivity contribution in [2.75, 3.05) is 0 Å². The zero-order valence-electron chi connectivity index (χ0n) is 11.5. The molecule has 3 aromatic rings. The van der Waals surface area contributed by atoms with Gasteiger partial charge in [-0.15, -0.1) is 0 Å². The molecule has 1 N–H and O–H groups in total. The highest BCUT2D eigenvalue weighted by Gasteiger charge is 2.19. The van der Waals surface area contributed by atoms with Crippen molar-refractivity contribution in [3.05, 3.63) is 76.7 Å². The van der Waals surface area contributed by atoms with Gasteiger partial charge in [-0.2, -0.15) is 11.3 Å². The molecule has 0 bridgehead atoms. The van der Waals surface area contributed by atoms with Crippen molar-refractivity contribution in [1.82, 2.24) is 4.98 Å². The highest BCUT2D eigenvalue weighted by Crippen LogP contribution is 2.28. The molecule has 0 saturated heterocycles. The lowest BCUT2D eigenvalue weighted by atomic mass is 10.0. The van der Waals surface area contributed by atoms with Crippen LogP contribution in [0.3, 0.4) is 0 Å². The van der Waals surface area contributed by atoms with E-state index in [-0.39, 0.29) is 0 Å². The fraction of sp³-hybridized carbons (Fsp3) is 0.0588. The van der Waals surface area contributed by atoms with Crippen molar-refractivity contribution < 1.29 is 14.6 Å². The number of carbonyl (C=O) groups is 1. The smallest absolute Gasteiger partial charge is 0.450 e. The normalized spacial score (nSPS) is 11.8. The minimum absolute atomic E-state index is 0.563. The van der Waals surface area contributed by atoms with Crippen LogP contribution in [0.1, 0.15) is 17.4 Å². The Bertz CT molecular complexity index is 739. The SMILES string of the molecule is O=C(O)OC(c1ccc(-c2ccsc2)cc1)c1ccccn1. The molecule has 0 saturated carbocycles. The molecule has 110 valence electrons. The second-order valence-corrected chi connectivity index (χ2v) is 5.43. The van der Waals surface area contributed by atoms with Crippen LogP contribution in [0.25, 0.3) is 11.1 Å². The molecule has 0 aliphatic rings. The van der Waals surface area contributed by atoms with Crippen molar-refractivity contribution in [3.63, 3.8) is 0 Å². The molecule has 1 unspecified atom stereocenters. The van der Waals surface area contributed by atoms with E-state index in [2.05, 4.69) is 10.4 Å². The zero-order valence-corrected chi connectivity index (χ0v) is 12.4. The second kappa shape index (κ2) is 6.41. The summed E-state index contributed by atoms with van der Waals surface area (Å²) in [6, 6.07) is 15.0. The standard InChI is InChI=1S/C17H13NO3S/c19-17(20)21-16(15-3-1-2-9-18-15)13-6-4-12(5-7-13)14-8-10-22-11-14/h1-11,16H,(H,19,20). The summed E-state index contributed by atoms with van der Waals surface area (Å²) in [5, 5.41) is 13.1. The van der Waals surface area contributed by atoms with Crippen LogP contribution >= 0.6 is 11.3 Å². The summed E-state index contributed by atoms with van der Waals surface area (Å²) in [5.74, 6) is 0. The maximum Gasteiger partial charge on any atom is 0.506 e. The first-order chi connectivity index (χ1) is 10.7. The number of carboxylic acid groups (broad SMARTS) is 1. The third-order valence-electron chi connectivity index (χ3n) is 3.24. The molecule has 0 amide bonds. The van der Waals surface area contributed by atoms with Crippen LogP contribution in [0.5, 0.6) is 0 Å². The van der Waals surface area contributed by atoms with Crippen LogP contribution < -0.4 is 0 Å². The largest absolute Gasteiger partial charge is 0.506 e. The summed E-state index contributed by atoms with van der Waals surface area (Å²) < 4.78 is 5.01. The van der Waals surface area contributed by atoms with Gasteiger partial charge in [0.2, 0.25) is 0 Å². The Morgan fingerprint density at radius 1 is 1.09 bits per heavy atom. The minimum Gasteiger partial charge on any atom is -0.450 e. The molecule has 3 rings (SSSR count). The Morgan fingerprint density at radius 3 is 2.50 bits per heavy atom. The average Bonchev–Trinajstić information content (AvgIpc) is 3.08. The van der Waals surface area contributed by atoms with Gasteiger partial charge in [0.05, 0.1) is 5.69 Å². The number of thiophene rings is 1. The van der Waals surface area contributed by atoms with Gasteiger partial charge in [0.1, 0.15) is 0 Å². The van der Waals surface area contributed by atoms with E-state index in [0.717, 1.165) is 16.7 Å². The van der Waals surface area contributed by atoms with E-state index < -0.39 is 12.3 Å². The summed E-state index contributed by atoms with van der Waals surface area (Å²) in [7, 11) is 0. The predicted molar refractivity (Wildman–Crippen MR) is 84.9 cm³/mol. The van der Waals surface area contributed by atoms with E-state index in [1.807, 2.05) is 35.7 Å². The van der Waals surface area contributed by atoms with Gasteiger partial charge in [0.25, 0.3) is 0 Å². The van der Waals surface area contributed by atoms with Gasteiger partial charge in [0.15, 0.2) is 6.10 Å². The van der Waals surface area contributed by atoms with Crippen LogP contribution in [0.2, 0.25) is 0 Å². The summed E-state index contributed by atoms with van der Waals surface area (Å²) in [6.07, 6.45) is -0.430. The van der Waals surface area contributed by atoms with Crippen LogP contribution in [0, 0.1) is 0 Å². The first-order valence-electron chi connectivity index (χ1n) is 6.67. The molecule has 2 aromatic heterocycles. The lowest BCUT2D eigenvalue weighted by Crippen LogP contribution is -2.12. The molecular weight excluding hydrogens is 298 g/mol. The molecule has 0 radical (unpaired) electrons. The molecule has 0 spiro atoms. The van der Waals surface area contributed by atoms with E-state index in [9.17, 15) is 4.79 Å². The number of rotatable bonds is 4. The fourth-order valence-corrected chi connectivity index (χ4v) is 2.88. The Hall–Kier alpha value is -2.66. The van der Waals surface area contributed by atoms with Gasteiger partial charge in [-0.3, -0.25) is 4.98 Å². The third-order valence-corrected chi connectivity index (χ3v) is 3.93. The molecule has 0 aliphatic carbocycles. The highest BCUT2D eigenvalue weighted by molar-refractivity contribution is 7.08. The number of nitrogens with zero attached hydrogens (tertiary/aromatic N) is 1. The Kier molecular flexibility index (Phi) is 4.16. The number of benzene rings is 1. The highest BCUT2D eigenvalue weighted by atomic mass is 32.1. The van der Waals surface area contributed by atoms with Gasteiger partial charge >= 0.3 is 6.16 Å². The summed E-state index contributed by atoms with van der Waals surface area (Å²) in [5.41, 5.74) is 3.54. The van der Waals surface area contributed by atoms with Crippen molar-refractivity contribution in [3.8, 4) is 11.1 Å². The topological polar surface area (TPSA) is 59.4 Å². The quantitative estimate of drug-likeness (QED) is 0.716. The Morgan fingerprint density at radius 2 is 1.91 bits per heavy atom. The average molecular weight is 311 g/mol. The zero-order chi connectivity index (χ0) is 15.4. The van der Waals surface area contributed by atoms with Gasteiger partial charge in [-0.25, -0.2) is 4.79 Å². The molecule has 5 heteroatoms. The maximum atomic E-state index is 11.0. The van der Waals surface area contributed by atoms with Gasteiger partial charge in [-0.1, -0.05) is 30.3 Å². The predicted octanol–water partition coefficient (Wildman–Crippen LogP) is 4.59. The number of ether oxygens (including phenoxy) is 1. The maximum absolute atomic E-state index is 11.0. The van der Waals surface area contributed by atoms with E-state index in [0.29, 0.717) is 5.69 Å². The molecular formula is C17H13NO3S. The molecule has 1 aromatic carbocycles. The minimum atomic E-state index is -1.32. The first-order valence-corrected chi connectivity index (χ1v) is 7.61. The molecule has 2 heterocycles. The summed E-state index contributed by atoms with van der Waals surface area (Å²) in [4.78, 5) is 15.2. The number of aromatic nitrogens is 1. The van der Waals surface area contributed by atoms with E-state index in [1.165, 1.54) is 0 Å². The summed E-state index contributed by atoms with van der Waals surface area (Å²) in [6.45, 7) is 0. The van der Waals surface area contributed by atoms with Crippen molar-refractivity contribution in [1.29, 1.82) is 0 Å². The summed E-state index contributed by atoms with van der Waals surface area (Å²) >= 11 is 1.64. The van der Waals surface area contributed by atoms with Gasteiger partial charge in [-0.05, 0) is 45.6 Å². The number of hydrogen-bond donors (Lipinski definition) is 1. The van der Waals surface area contributed by atoms with Crippen LogP contribution in [-0.4, -0.2) is 16.2 Å². The Balaban J connectivity index is 1.93. The molecule has 4 nitrogen and oxygen atoms in total. The third kappa shape index (κ3) is 3.15. The van der Waals surface area contributed by atoms with E-state index in [4.69, 9.17) is 9.84 Å². The fourth-order valence-electron chi connectivity index (χ4n) is 2.21. The molecule has 0 fully saturated rings. The van der Waals surface area contributed by atoms with E-state index in [1.54, 1.807) is 35.7 Å². The second-order valence-electron chi connectivity index (χ2n) is 4.65.